The van der Waals surface area contributed by atoms with E-state index in [1.54, 1.807) is 29.1 Å². The Kier molecular flexibility index (Phi) is 3.27. The van der Waals surface area contributed by atoms with E-state index in [1.165, 1.54) is 0 Å². The van der Waals surface area contributed by atoms with Gasteiger partial charge in [-0.15, -0.1) is 10.2 Å². The van der Waals surface area contributed by atoms with Crippen molar-refractivity contribution in [3.63, 3.8) is 0 Å². The zero-order chi connectivity index (χ0) is 16.5. The predicted octanol–water partition coefficient (Wildman–Crippen LogP) is 2.10. The molecule has 0 aliphatic carbocycles. The van der Waals surface area contributed by atoms with Crippen LogP contribution in [0.4, 0.5) is 5.95 Å². The minimum Gasteiger partial charge on any atom is -0.324 e. The molecule has 0 saturated heterocycles. The minimum absolute atomic E-state index is 0.206. The molecule has 0 aliphatic heterocycles. The molecule has 0 saturated carbocycles. The van der Waals surface area contributed by atoms with Gasteiger partial charge in [-0.25, -0.2) is 9.97 Å². The number of hydrogen-bond donors (Lipinski definition) is 2. The first-order valence-electron chi connectivity index (χ1n) is 7.31. The molecule has 0 bridgehead atoms. The van der Waals surface area contributed by atoms with Crippen molar-refractivity contribution in [2.24, 2.45) is 0 Å². The molecule has 0 radical (unpaired) electrons. The Morgan fingerprint density at radius 2 is 2.04 bits per heavy atom. The van der Waals surface area contributed by atoms with Crippen LogP contribution in [-0.4, -0.2) is 35.6 Å². The maximum atomic E-state index is 12.3. The van der Waals surface area contributed by atoms with Crippen LogP contribution < -0.4 is 5.32 Å². The number of H-pyrrole nitrogens is 1. The van der Waals surface area contributed by atoms with Crippen LogP contribution >= 0.6 is 0 Å². The normalized spacial score (nSPS) is 10.9. The lowest BCUT2D eigenvalue weighted by Gasteiger charge is -2.04. The number of hydrogen-bond acceptors (Lipinski definition) is 5. The van der Waals surface area contributed by atoms with Crippen molar-refractivity contribution >= 4 is 22.9 Å². The van der Waals surface area contributed by atoms with Gasteiger partial charge in [-0.3, -0.25) is 14.7 Å². The summed E-state index contributed by atoms with van der Waals surface area (Å²) >= 11 is 0. The van der Waals surface area contributed by atoms with Crippen LogP contribution in [0.1, 0.15) is 16.3 Å². The average molecular weight is 319 g/mol. The van der Waals surface area contributed by atoms with Crippen molar-refractivity contribution in [2.45, 2.75) is 6.92 Å². The second kappa shape index (κ2) is 5.58. The summed E-state index contributed by atoms with van der Waals surface area (Å²) in [6, 6.07) is 10.9. The molecule has 0 unspecified atom stereocenters. The van der Waals surface area contributed by atoms with E-state index in [-0.39, 0.29) is 11.6 Å². The Balaban J connectivity index is 1.55. The van der Waals surface area contributed by atoms with Gasteiger partial charge in [-0.05, 0) is 31.2 Å². The standard InChI is InChI=1S/C16H13N7O/c1-10-17-8-9-23(10)14-7-6-13(21-22-14)15(24)20-16-18-11-4-2-3-5-12(11)19-16/h2-9H,1H3,(H2,18,19,20,24). The van der Waals surface area contributed by atoms with Gasteiger partial charge in [0.15, 0.2) is 11.5 Å². The highest BCUT2D eigenvalue weighted by Gasteiger charge is 2.12. The number of carbonyl (C=O) groups excluding carboxylic acids is 1. The zero-order valence-electron chi connectivity index (χ0n) is 12.8. The molecule has 118 valence electrons. The topological polar surface area (TPSA) is 101 Å². The minimum atomic E-state index is -0.379. The number of aromatic amines is 1. The molecule has 1 aromatic carbocycles. The second-order valence-corrected chi connectivity index (χ2v) is 5.18. The number of fused-ring (bicyclic) bond motifs is 1. The maximum absolute atomic E-state index is 12.3. The van der Waals surface area contributed by atoms with Crippen LogP contribution in [0.5, 0.6) is 0 Å². The summed E-state index contributed by atoms with van der Waals surface area (Å²) in [6.45, 7) is 1.86. The Hall–Kier alpha value is -3.55. The average Bonchev–Trinajstić information content (AvgIpc) is 3.20. The number of carbonyl (C=O) groups is 1. The van der Waals surface area contributed by atoms with Gasteiger partial charge in [-0.2, -0.15) is 0 Å². The first-order valence-corrected chi connectivity index (χ1v) is 7.31. The molecule has 0 atom stereocenters. The van der Waals surface area contributed by atoms with Gasteiger partial charge in [0.1, 0.15) is 5.82 Å². The summed E-state index contributed by atoms with van der Waals surface area (Å²) in [4.78, 5) is 23.7. The Morgan fingerprint density at radius 3 is 2.75 bits per heavy atom. The van der Waals surface area contributed by atoms with Crippen molar-refractivity contribution in [1.29, 1.82) is 0 Å². The van der Waals surface area contributed by atoms with Crippen LogP contribution in [0.15, 0.2) is 48.8 Å². The molecule has 8 nitrogen and oxygen atoms in total. The van der Waals surface area contributed by atoms with Crippen LogP contribution in [0, 0.1) is 6.92 Å². The number of aromatic nitrogens is 6. The third kappa shape index (κ3) is 2.50. The fourth-order valence-electron chi connectivity index (χ4n) is 2.38. The van der Waals surface area contributed by atoms with E-state index in [9.17, 15) is 4.79 Å². The Morgan fingerprint density at radius 1 is 1.17 bits per heavy atom. The molecule has 3 heterocycles. The van der Waals surface area contributed by atoms with Gasteiger partial charge in [0.05, 0.1) is 11.0 Å². The summed E-state index contributed by atoms with van der Waals surface area (Å²) in [6.07, 6.45) is 3.46. The van der Waals surface area contributed by atoms with Crippen molar-refractivity contribution in [1.82, 2.24) is 29.7 Å². The SMILES string of the molecule is Cc1nccn1-c1ccc(C(=O)Nc2nc3ccccc3[nH]2)nn1. The van der Waals surface area contributed by atoms with Crippen LogP contribution in [0.25, 0.3) is 16.9 Å². The molecular formula is C16H13N7O. The van der Waals surface area contributed by atoms with Crippen molar-refractivity contribution in [2.75, 3.05) is 5.32 Å². The molecule has 8 heteroatoms. The number of anilines is 1. The van der Waals surface area contributed by atoms with E-state index < -0.39 is 0 Å². The summed E-state index contributed by atoms with van der Waals surface area (Å²) in [5.41, 5.74) is 1.84. The van der Waals surface area contributed by atoms with Gasteiger partial charge in [0, 0.05) is 12.4 Å². The lowest BCUT2D eigenvalue weighted by molar-refractivity contribution is 0.102. The molecule has 1 amide bonds. The zero-order valence-corrected chi connectivity index (χ0v) is 12.8. The van der Waals surface area contributed by atoms with E-state index in [2.05, 4.69) is 30.5 Å². The highest BCUT2D eigenvalue weighted by molar-refractivity contribution is 6.02. The highest BCUT2D eigenvalue weighted by atomic mass is 16.2. The van der Waals surface area contributed by atoms with Crippen molar-refractivity contribution in [3.8, 4) is 5.82 Å². The lowest BCUT2D eigenvalue weighted by atomic mass is 10.3. The Labute approximate surface area is 136 Å². The van der Waals surface area contributed by atoms with E-state index in [0.717, 1.165) is 16.9 Å². The molecule has 2 N–H and O–H groups in total. The quantitative estimate of drug-likeness (QED) is 0.602. The molecule has 0 fully saturated rings. The number of para-hydroxylation sites is 2. The first-order chi connectivity index (χ1) is 11.7. The number of aryl methyl sites for hydroxylation is 1. The maximum Gasteiger partial charge on any atom is 0.278 e. The fraction of sp³-hybridized carbons (Fsp3) is 0.0625. The van der Waals surface area contributed by atoms with Gasteiger partial charge >= 0.3 is 0 Å². The Bertz CT molecular complexity index is 983. The third-order valence-corrected chi connectivity index (χ3v) is 3.58. The van der Waals surface area contributed by atoms with Crippen LogP contribution in [0.3, 0.4) is 0 Å². The highest BCUT2D eigenvalue weighted by Crippen LogP contribution is 2.14. The monoisotopic (exact) mass is 319 g/mol. The molecule has 24 heavy (non-hydrogen) atoms. The molecule has 0 aliphatic rings. The smallest absolute Gasteiger partial charge is 0.278 e. The number of amides is 1. The van der Waals surface area contributed by atoms with E-state index in [4.69, 9.17) is 0 Å². The predicted molar refractivity (Wildman–Crippen MR) is 87.9 cm³/mol. The summed E-state index contributed by atoms with van der Waals surface area (Å²) < 4.78 is 1.79. The van der Waals surface area contributed by atoms with Crippen molar-refractivity contribution in [3.05, 3.63) is 60.3 Å². The first kappa shape index (κ1) is 14.1. The molecule has 0 spiro atoms. The molecule has 4 rings (SSSR count). The lowest BCUT2D eigenvalue weighted by Crippen LogP contribution is -2.15. The largest absolute Gasteiger partial charge is 0.324 e. The van der Waals surface area contributed by atoms with Gasteiger partial charge in [0.25, 0.3) is 5.91 Å². The van der Waals surface area contributed by atoms with Gasteiger partial charge in [0.2, 0.25) is 5.95 Å². The second-order valence-electron chi connectivity index (χ2n) is 5.18. The molecular weight excluding hydrogens is 306 g/mol. The van der Waals surface area contributed by atoms with E-state index in [0.29, 0.717) is 11.8 Å². The number of nitrogens with zero attached hydrogens (tertiary/aromatic N) is 5. The summed E-state index contributed by atoms with van der Waals surface area (Å²) in [5.74, 6) is 1.39. The number of benzene rings is 1. The van der Waals surface area contributed by atoms with Gasteiger partial charge < -0.3 is 4.98 Å². The van der Waals surface area contributed by atoms with Crippen LogP contribution in [-0.2, 0) is 0 Å². The number of imidazole rings is 2. The molecule has 4 aromatic rings. The third-order valence-electron chi connectivity index (χ3n) is 3.58. The van der Waals surface area contributed by atoms with Crippen LogP contribution in [0.2, 0.25) is 0 Å². The van der Waals surface area contributed by atoms with Crippen molar-refractivity contribution < 1.29 is 4.79 Å². The van der Waals surface area contributed by atoms with E-state index in [1.807, 2.05) is 31.2 Å². The van der Waals surface area contributed by atoms with E-state index >= 15 is 0 Å². The van der Waals surface area contributed by atoms with Gasteiger partial charge in [-0.1, -0.05) is 12.1 Å². The number of nitrogens with one attached hydrogen (secondary N) is 2. The number of rotatable bonds is 3. The molecule has 3 aromatic heterocycles. The summed E-state index contributed by atoms with van der Waals surface area (Å²) in [5, 5.41) is 10.7. The summed E-state index contributed by atoms with van der Waals surface area (Å²) in [7, 11) is 0. The fourth-order valence-corrected chi connectivity index (χ4v) is 2.38.